The number of para-hydroxylation sites is 2. The van der Waals surface area contributed by atoms with Crippen LogP contribution in [-0.4, -0.2) is 39.4 Å². The van der Waals surface area contributed by atoms with Gasteiger partial charge in [0.15, 0.2) is 0 Å². The highest BCUT2D eigenvalue weighted by Crippen LogP contribution is 2.18. The topological polar surface area (TPSA) is 67.2 Å². The maximum absolute atomic E-state index is 13.0. The van der Waals surface area contributed by atoms with E-state index in [-0.39, 0.29) is 24.9 Å². The number of nitrogens with one attached hydrogen (secondary N) is 1. The molecule has 31 heavy (non-hydrogen) atoms. The summed E-state index contributed by atoms with van der Waals surface area (Å²) in [5.41, 5.74) is 4.49. The zero-order valence-corrected chi connectivity index (χ0v) is 18.4. The van der Waals surface area contributed by atoms with Crippen LogP contribution in [0.2, 0.25) is 0 Å². The van der Waals surface area contributed by atoms with E-state index in [9.17, 15) is 9.59 Å². The largest absolute Gasteiger partial charge is 0.345 e. The zero-order valence-electron chi connectivity index (χ0n) is 18.4. The molecular formula is C25H30N4O2. The van der Waals surface area contributed by atoms with E-state index < -0.39 is 0 Å². The van der Waals surface area contributed by atoms with Crippen molar-refractivity contribution < 1.29 is 9.59 Å². The highest BCUT2D eigenvalue weighted by atomic mass is 16.2. The Balaban J connectivity index is 1.54. The molecule has 162 valence electrons. The molecule has 6 nitrogen and oxygen atoms in total. The molecule has 1 fully saturated rings. The second-order valence-electron chi connectivity index (χ2n) is 8.40. The fraction of sp³-hybridized carbons (Fsp3) is 0.400. The lowest BCUT2D eigenvalue weighted by Gasteiger charge is -2.21. The molecule has 1 N–H and O–H groups in total. The lowest BCUT2D eigenvalue weighted by Crippen LogP contribution is -2.35. The van der Waals surface area contributed by atoms with Crippen LogP contribution in [0.25, 0.3) is 11.0 Å². The van der Waals surface area contributed by atoms with E-state index in [1.165, 1.54) is 12.8 Å². The molecule has 0 atom stereocenters. The minimum absolute atomic E-state index is 0.118. The van der Waals surface area contributed by atoms with Gasteiger partial charge in [0.25, 0.3) is 5.91 Å². The third-order valence-corrected chi connectivity index (χ3v) is 6.02. The number of hydrogen-bond donors (Lipinski definition) is 1. The number of carbonyl (C=O) groups excluding carboxylic acids is 2. The minimum atomic E-state index is -0.130. The fourth-order valence-electron chi connectivity index (χ4n) is 4.32. The van der Waals surface area contributed by atoms with Crippen LogP contribution in [-0.2, 0) is 17.9 Å². The Morgan fingerprint density at radius 3 is 2.48 bits per heavy atom. The summed E-state index contributed by atoms with van der Waals surface area (Å²) >= 11 is 0. The van der Waals surface area contributed by atoms with Crippen LogP contribution in [0.3, 0.4) is 0 Å². The quantitative estimate of drug-likeness (QED) is 0.681. The van der Waals surface area contributed by atoms with Crippen molar-refractivity contribution in [3.63, 3.8) is 0 Å². The number of fused-ring (bicyclic) bond motifs is 1. The lowest BCUT2D eigenvalue weighted by molar-refractivity contribution is -0.131. The average Bonchev–Trinajstić information content (AvgIpc) is 2.92. The van der Waals surface area contributed by atoms with Crippen LogP contribution in [0.4, 0.5) is 0 Å². The predicted octanol–water partition coefficient (Wildman–Crippen LogP) is 3.99. The van der Waals surface area contributed by atoms with E-state index in [1.807, 2.05) is 65.8 Å². The number of nitrogens with zero attached hydrogens (tertiary/aromatic N) is 3. The molecule has 2 aromatic carbocycles. The van der Waals surface area contributed by atoms with E-state index in [2.05, 4.69) is 5.32 Å². The van der Waals surface area contributed by atoms with Crippen LogP contribution in [0.1, 0.15) is 53.0 Å². The maximum atomic E-state index is 13.0. The van der Waals surface area contributed by atoms with Crippen LogP contribution < -0.4 is 5.32 Å². The second kappa shape index (κ2) is 9.33. The Labute approximate surface area is 183 Å². The first-order chi connectivity index (χ1) is 15.0. The first kappa shape index (κ1) is 21.1. The van der Waals surface area contributed by atoms with Gasteiger partial charge in [-0.1, -0.05) is 42.7 Å². The Morgan fingerprint density at radius 1 is 1.00 bits per heavy atom. The van der Waals surface area contributed by atoms with Crippen molar-refractivity contribution in [1.82, 2.24) is 19.8 Å². The monoisotopic (exact) mass is 418 g/mol. The molecule has 1 saturated heterocycles. The van der Waals surface area contributed by atoms with Gasteiger partial charge in [-0.2, -0.15) is 0 Å². The van der Waals surface area contributed by atoms with Crippen LogP contribution in [0, 0.1) is 13.8 Å². The van der Waals surface area contributed by atoms with Gasteiger partial charge in [0, 0.05) is 18.7 Å². The summed E-state index contributed by atoms with van der Waals surface area (Å²) in [7, 11) is 0. The molecule has 1 aromatic heterocycles. The number of imidazole rings is 1. The fourth-order valence-corrected chi connectivity index (χ4v) is 4.32. The van der Waals surface area contributed by atoms with E-state index in [0.29, 0.717) is 11.4 Å². The smallest absolute Gasteiger partial charge is 0.251 e. The molecule has 1 aliphatic rings. The molecule has 0 bridgehead atoms. The van der Waals surface area contributed by atoms with Crippen LogP contribution >= 0.6 is 0 Å². The molecule has 3 aromatic rings. The third-order valence-electron chi connectivity index (χ3n) is 6.02. The summed E-state index contributed by atoms with van der Waals surface area (Å²) in [4.78, 5) is 32.5. The molecule has 2 heterocycles. The Kier molecular flexibility index (Phi) is 6.35. The summed E-state index contributed by atoms with van der Waals surface area (Å²) in [5.74, 6) is 0.685. The van der Waals surface area contributed by atoms with Crippen LogP contribution in [0.15, 0.2) is 42.5 Å². The highest BCUT2D eigenvalue weighted by molar-refractivity contribution is 5.95. The number of likely N-dealkylation sites (tertiary alicyclic amines) is 1. The molecular weight excluding hydrogens is 388 g/mol. The van der Waals surface area contributed by atoms with Crippen molar-refractivity contribution in [1.29, 1.82) is 0 Å². The van der Waals surface area contributed by atoms with Crippen molar-refractivity contribution in [2.45, 2.75) is 52.6 Å². The number of aryl methyl sites for hydroxylation is 2. The summed E-state index contributed by atoms with van der Waals surface area (Å²) in [6.07, 6.45) is 4.51. The van der Waals surface area contributed by atoms with Gasteiger partial charge in [-0.05, 0) is 50.5 Å². The molecule has 0 aliphatic carbocycles. The van der Waals surface area contributed by atoms with Gasteiger partial charge in [-0.15, -0.1) is 0 Å². The summed E-state index contributed by atoms with van der Waals surface area (Å²) < 4.78 is 1.95. The molecule has 0 unspecified atom stereocenters. The summed E-state index contributed by atoms with van der Waals surface area (Å²) in [5, 5.41) is 2.99. The molecule has 0 radical (unpaired) electrons. The van der Waals surface area contributed by atoms with Gasteiger partial charge in [0.05, 0.1) is 17.6 Å². The highest BCUT2D eigenvalue weighted by Gasteiger charge is 2.20. The molecule has 6 heteroatoms. The maximum Gasteiger partial charge on any atom is 0.251 e. The average molecular weight is 419 g/mol. The Hall–Kier alpha value is -3.15. The van der Waals surface area contributed by atoms with Crippen molar-refractivity contribution in [2.75, 3.05) is 13.1 Å². The predicted molar refractivity (Wildman–Crippen MR) is 122 cm³/mol. The minimum Gasteiger partial charge on any atom is -0.345 e. The van der Waals surface area contributed by atoms with Gasteiger partial charge in [0.1, 0.15) is 12.4 Å². The number of rotatable bonds is 5. The van der Waals surface area contributed by atoms with Gasteiger partial charge in [-0.3, -0.25) is 9.59 Å². The normalized spacial score (nSPS) is 14.5. The number of aromatic nitrogens is 2. The van der Waals surface area contributed by atoms with E-state index in [0.717, 1.165) is 48.1 Å². The number of amides is 2. The first-order valence-corrected chi connectivity index (χ1v) is 11.1. The molecule has 4 rings (SSSR count). The van der Waals surface area contributed by atoms with Crippen molar-refractivity contribution in [3.05, 3.63) is 65.0 Å². The van der Waals surface area contributed by atoms with Crippen molar-refractivity contribution in [2.24, 2.45) is 0 Å². The Morgan fingerprint density at radius 2 is 1.74 bits per heavy atom. The Bertz CT molecular complexity index is 1090. The number of carbonyl (C=O) groups is 2. The first-order valence-electron chi connectivity index (χ1n) is 11.1. The lowest BCUT2D eigenvalue weighted by atomic mass is 10.1. The number of benzene rings is 2. The van der Waals surface area contributed by atoms with E-state index in [1.54, 1.807) is 0 Å². The molecule has 0 spiro atoms. The van der Waals surface area contributed by atoms with Crippen LogP contribution in [0.5, 0.6) is 0 Å². The zero-order chi connectivity index (χ0) is 21.8. The van der Waals surface area contributed by atoms with E-state index >= 15 is 0 Å². The summed E-state index contributed by atoms with van der Waals surface area (Å²) in [6.45, 7) is 6.12. The van der Waals surface area contributed by atoms with Gasteiger partial charge < -0.3 is 14.8 Å². The standard InChI is InChI=1S/C25H30N4O2/c1-18-11-12-20(19(2)15-18)25(31)26-16-23-27-21-9-5-6-10-22(21)29(23)17-24(30)28-13-7-3-4-8-14-28/h5-6,9-12,15H,3-4,7-8,13-14,16-17H2,1-2H3,(H,26,31). The van der Waals surface area contributed by atoms with Crippen molar-refractivity contribution >= 4 is 22.8 Å². The third kappa shape index (κ3) is 4.79. The number of hydrogen-bond acceptors (Lipinski definition) is 3. The summed E-state index contributed by atoms with van der Waals surface area (Å²) in [6, 6.07) is 13.6. The van der Waals surface area contributed by atoms with Crippen molar-refractivity contribution in [3.8, 4) is 0 Å². The van der Waals surface area contributed by atoms with Gasteiger partial charge >= 0.3 is 0 Å². The van der Waals surface area contributed by atoms with Gasteiger partial charge in [-0.25, -0.2) is 4.98 Å². The SMILES string of the molecule is Cc1ccc(C(=O)NCc2nc3ccccc3n2CC(=O)N2CCCCCC2)c(C)c1. The molecule has 2 amide bonds. The van der Waals surface area contributed by atoms with E-state index in [4.69, 9.17) is 4.98 Å². The molecule has 1 aliphatic heterocycles. The van der Waals surface area contributed by atoms with Gasteiger partial charge in [0.2, 0.25) is 5.91 Å². The second-order valence-corrected chi connectivity index (χ2v) is 8.40. The molecule has 0 saturated carbocycles.